The SMILES string of the molecule is COCC(C)n1c(C)cc(/C=C(/C#N)C(=O)N2CCN(c3cc(C)nc(C)n3)CC2)c1C. The van der Waals surface area contributed by atoms with Gasteiger partial charge in [-0.3, -0.25) is 4.79 Å². The fourth-order valence-electron chi connectivity index (χ4n) is 4.41. The number of piperazine rings is 1. The fraction of sp³-hybridized carbons (Fsp3) is 0.500. The molecule has 0 radical (unpaired) electrons. The van der Waals surface area contributed by atoms with Crippen LogP contribution in [0.15, 0.2) is 17.7 Å². The van der Waals surface area contributed by atoms with Gasteiger partial charge >= 0.3 is 0 Å². The summed E-state index contributed by atoms with van der Waals surface area (Å²) in [5, 5.41) is 9.72. The number of anilines is 1. The molecule has 1 aliphatic heterocycles. The van der Waals surface area contributed by atoms with Crippen molar-refractivity contribution >= 4 is 17.8 Å². The van der Waals surface area contributed by atoms with E-state index in [9.17, 15) is 10.1 Å². The number of aromatic nitrogens is 3. The van der Waals surface area contributed by atoms with Crippen molar-refractivity contribution in [1.29, 1.82) is 5.26 Å². The molecule has 1 unspecified atom stereocenters. The molecule has 1 saturated heterocycles. The number of ether oxygens (including phenoxy) is 1. The van der Waals surface area contributed by atoms with Crippen LogP contribution in [0.1, 0.15) is 41.4 Å². The average Bonchev–Trinajstić information content (AvgIpc) is 3.04. The molecule has 8 nitrogen and oxygen atoms in total. The lowest BCUT2D eigenvalue weighted by molar-refractivity contribution is -0.126. The monoisotopic (exact) mass is 436 g/mol. The largest absolute Gasteiger partial charge is 0.383 e. The first-order valence-electron chi connectivity index (χ1n) is 10.9. The first kappa shape index (κ1) is 23.5. The molecule has 3 heterocycles. The molecule has 0 saturated carbocycles. The maximum atomic E-state index is 13.1. The van der Waals surface area contributed by atoms with Crippen LogP contribution in [0, 0.1) is 39.0 Å². The van der Waals surface area contributed by atoms with Gasteiger partial charge in [0, 0.05) is 56.4 Å². The van der Waals surface area contributed by atoms with Crippen molar-refractivity contribution in [2.24, 2.45) is 0 Å². The van der Waals surface area contributed by atoms with E-state index in [1.54, 1.807) is 18.1 Å². The zero-order valence-electron chi connectivity index (χ0n) is 19.8. The smallest absolute Gasteiger partial charge is 0.264 e. The molecule has 0 aromatic carbocycles. The van der Waals surface area contributed by atoms with Crippen LogP contribution >= 0.6 is 0 Å². The van der Waals surface area contributed by atoms with Gasteiger partial charge in [-0.1, -0.05) is 0 Å². The third-order valence-corrected chi connectivity index (χ3v) is 5.87. The van der Waals surface area contributed by atoms with E-state index >= 15 is 0 Å². The second-order valence-corrected chi connectivity index (χ2v) is 8.36. The maximum Gasteiger partial charge on any atom is 0.264 e. The lowest BCUT2D eigenvalue weighted by Crippen LogP contribution is -2.49. The molecule has 1 aliphatic rings. The predicted octanol–water partition coefficient (Wildman–Crippen LogP) is 2.97. The van der Waals surface area contributed by atoms with E-state index in [0.717, 1.165) is 34.3 Å². The highest BCUT2D eigenvalue weighted by Crippen LogP contribution is 2.23. The minimum Gasteiger partial charge on any atom is -0.383 e. The molecule has 1 fully saturated rings. The van der Waals surface area contributed by atoms with E-state index in [1.807, 2.05) is 39.8 Å². The van der Waals surface area contributed by atoms with Crippen LogP contribution in [-0.4, -0.2) is 65.2 Å². The lowest BCUT2D eigenvalue weighted by atomic mass is 10.1. The number of nitriles is 1. The molecule has 8 heteroatoms. The number of carbonyl (C=O) groups excluding carboxylic acids is 1. The number of carbonyl (C=O) groups is 1. The van der Waals surface area contributed by atoms with E-state index in [0.29, 0.717) is 32.8 Å². The molecule has 3 rings (SSSR count). The Balaban J connectivity index is 1.74. The van der Waals surface area contributed by atoms with E-state index in [4.69, 9.17) is 4.74 Å². The first-order valence-corrected chi connectivity index (χ1v) is 10.9. The number of rotatable bonds is 6. The zero-order chi connectivity index (χ0) is 23.4. The summed E-state index contributed by atoms with van der Waals surface area (Å²) in [4.78, 5) is 25.8. The Labute approximate surface area is 190 Å². The summed E-state index contributed by atoms with van der Waals surface area (Å²) in [5.74, 6) is 1.40. The molecular weight excluding hydrogens is 404 g/mol. The molecule has 1 atom stereocenters. The Hall–Kier alpha value is -3.18. The van der Waals surface area contributed by atoms with Crippen molar-refractivity contribution in [3.63, 3.8) is 0 Å². The summed E-state index contributed by atoms with van der Waals surface area (Å²) in [6.45, 7) is 13.0. The summed E-state index contributed by atoms with van der Waals surface area (Å²) in [6, 6.07) is 6.27. The van der Waals surface area contributed by atoms with E-state index < -0.39 is 0 Å². The Bertz CT molecular complexity index is 1040. The van der Waals surface area contributed by atoms with Gasteiger partial charge in [0.15, 0.2) is 0 Å². The maximum absolute atomic E-state index is 13.1. The van der Waals surface area contributed by atoms with Gasteiger partial charge in [-0.05, 0) is 52.3 Å². The van der Waals surface area contributed by atoms with Gasteiger partial charge in [0.2, 0.25) is 0 Å². The van der Waals surface area contributed by atoms with Crippen molar-refractivity contribution in [3.8, 4) is 6.07 Å². The average molecular weight is 437 g/mol. The van der Waals surface area contributed by atoms with E-state index in [2.05, 4.69) is 32.4 Å². The number of hydrogen-bond donors (Lipinski definition) is 0. The van der Waals surface area contributed by atoms with Crippen LogP contribution in [0.4, 0.5) is 5.82 Å². The van der Waals surface area contributed by atoms with E-state index in [-0.39, 0.29) is 17.5 Å². The minimum atomic E-state index is -0.225. The Kier molecular flexibility index (Phi) is 7.31. The van der Waals surface area contributed by atoms with Crippen molar-refractivity contribution in [2.45, 2.75) is 40.7 Å². The van der Waals surface area contributed by atoms with Gasteiger partial charge in [-0.2, -0.15) is 5.26 Å². The quantitative estimate of drug-likeness (QED) is 0.511. The van der Waals surface area contributed by atoms with E-state index in [1.165, 1.54) is 0 Å². The molecular formula is C24H32N6O2. The summed E-state index contributed by atoms with van der Waals surface area (Å²) in [7, 11) is 1.69. The second kappa shape index (κ2) is 9.96. The van der Waals surface area contributed by atoms with Gasteiger partial charge in [-0.15, -0.1) is 0 Å². The topological polar surface area (TPSA) is 87.3 Å². The first-order chi connectivity index (χ1) is 15.2. The Morgan fingerprint density at radius 3 is 2.47 bits per heavy atom. The highest BCUT2D eigenvalue weighted by molar-refractivity contribution is 6.02. The zero-order valence-corrected chi connectivity index (χ0v) is 19.8. The molecule has 0 aliphatic carbocycles. The standard InChI is InChI=1S/C24H32N6O2/c1-16-11-23(27-20(5)26-16)28-7-9-29(10-8-28)24(31)22(14-25)13-21-12-17(2)30(19(21)4)18(3)15-32-6/h11-13,18H,7-10,15H2,1-6H3/b22-13-. The predicted molar refractivity (Wildman–Crippen MR) is 124 cm³/mol. The molecule has 0 N–H and O–H groups in total. The summed E-state index contributed by atoms with van der Waals surface area (Å²) in [6.07, 6.45) is 1.71. The highest BCUT2D eigenvalue weighted by atomic mass is 16.5. The van der Waals surface area contributed by atoms with Gasteiger partial charge in [0.1, 0.15) is 23.3 Å². The number of aryl methyl sites for hydroxylation is 3. The lowest BCUT2D eigenvalue weighted by Gasteiger charge is -2.35. The number of methoxy groups -OCH3 is 1. The fourth-order valence-corrected chi connectivity index (χ4v) is 4.41. The van der Waals surface area contributed by atoms with Crippen molar-refractivity contribution < 1.29 is 9.53 Å². The van der Waals surface area contributed by atoms with Crippen molar-refractivity contribution in [2.75, 3.05) is 44.8 Å². The minimum absolute atomic E-state index is 0.159. The van der Waals surface area contributed by atoms with Gasteiger partial charge < -0.3 is 19.1 Å². The molecule has 1 amide bonds. The summed E-state index contributed by atoms with van der Waals surface area (Å²) >= 11 is 0. The highest BCUT2D eigenvalue weighted by Gasteiger charge is 2.25. The van der Waals surface area contributed by atoms with Crippen molar-refractivity contribution in [3.05, 3.63) is 46.2 Å². The second-order valence-electron chi connectivity index (χ2n) is 8.36. The van der Waals surface area contributed by atoms with Crippen LogP contribution in [-0.2, 0) is 9.53 Å². The van der Waals surface area contributed by atoms with Crippen LogP contribution in [0.2, 0.25) is 0 Å². The van der Waals surface area contributed by atoms with Gasteiger partial charge in [-0.25, -0.2) is 9.97 Å². The molecule has 170 valence electrons. The summed E-state index contributed by atoms with van der Waals surface area (Å²) < 4.78 is 7.47. The molecule has 0 bridgehead atoms. The Morgan fingerprint density at radius 2 is 1.88 bits per heavy atom. The van der Waals surface area contributed by atoms with Crippen LogP contribution in [0.5, 0.6) is 0 Å². The molecule has 0 spiro atoms. The molecule has 2 aromatic heterocycles. The van der Waals surface area contributed by atoms with Gasteiger partial charge in [0.05, 0.1) is 12.6 Å². The number of amides is 1. The molecule has 2 aromatic rings. The third kappa shape index (κ3) is 5.00. The van der Waals surface area contributed by atoms with Crippen molar-refractivity contribution in [1.82, 2.24) is 19.4 Å². The molecule has 32 heavy (non-hydrogen) atoms. The number of nitrogens with zero attached hydrogens (tertiary/aromatic N) is 6. The summed E-state index contributed by atoms with van der Waals surface area (Å²) in [5.41, 5.74) is 4.07. The van der Waals surface area contributed by atoms with Crippen LogP contribution < -0.4 is 4.90 Å². The Morgan fingerprint density at radius 1 is 1.19 bits per heavy atom. The van der Waals surface area contributed by atoms with Crippen LogP contribution in [0.3, 0.4) is 0 Å². The van der Waals surface area contributed by atoms with Gasteiger partial charge in [0.25, 0.3) is 5.91 Å². The number of hydrogen-bond acceptors (Lipinski definition) is 6. The normalized spacial score (nSPS) is 15.6. The van der Waals surface area contributed by atoms with Crippen LogP contribution in [0.25, 0.3) is 6.08 Å². The third-order valence-electron chi connectivity index (χ3n) is 5.87.